The highest BCUT2D eigenvalue weighted by Gasteiger charge is 2.21. The van der Waals surface area contributed by atoms with Crippen LogP contribution >= 0.6 is 23.2 Å². The Morgan fingerprint density at radius 2 is 2.05 bits per heavy atom. The van der Waals surface area contributed by atoms with Gasteiger partial charge in [0.2, 0.25) is 11.8 Å². The van der Waals surface area contributed by atoms with E-state index >= 15 is 0 Å². The molecule has 0 spiro atoms. The van der Waals surface area contributed by atoms with E-state index in [4.69, 9.17) is 29.0 Å². The van der Waals surface area contributed by atoms with Gasteiger partial charge in [-0.25, -0.2) is 10.8 Å². The monoisotopic (exact) mass is 564 g/mol. The summed E-state index contributed by atoms with van der Waals surface area (Å²) in [6.45, 7) is 3.28. The molecule has 12 heteroatoms. The number of hydrogen-bond donors (Lipinski definition) is 4. The number of para-hydroxylation sites is 1. The molecule has 10 nitrogen and oxygen atoms in total. The largest absolute Gasteiger partial charge is 0.342 e. The zero-order valence-corrected chi connectivity index (χ0v) is 22.3. The number of carbonyl (C=O) groups excluding carboxylic acids is 2. The van der Waals surface area contributed by atoms with E-state index in [0.29, 0.717) is 63.5 Å². The Labute approximate surface area is 235 Å². The molecule has 0 radical (unpaired) electrons. The number of nitrogens with two attached hydrogens (primary N) is 1. The molecule has 0 aliphatic carbocycles. The third kappa shape index (κ3) is 7.20. The topological polar surface area (TPSA) is 141 Å². The number of rotatable bonds is 6. The second-order valence-corrected chi connectivity index (χ2v) is 9.32. The van der Waals surface area contributed by atoms with Crippen LogP contribution in [0.5, 0.6) is 0 Å². The van der Waals surface area contributed by atoms with Crippen LogP contribution in [-0.2, 0) is 9.59 Å². The molecule has 1 aromatic heterocycles. The van der Waals surface area contributed by atoms with E-state index in [9.17, 15) is 9.59 Å². The molecular weight excluding hydrogens is 539 g/mol. The average Bonchev–Trinajstić information content (AvgIpc) is 3.31. The number of hydrogen-bond acceptors (Lipinski definition) is 6. The molecule has 2 aromatic carbocycles. The van der Waals surface area contributed by atoms with Crippen LogP contribution in [0.3, 0.4) is 0 Å². The fourth-order valence-electron chi connectivity index (χ4n) is 3.96. The highest BCUT2D eigenvalue weighted by atomic mass is 35.5. The van der Waals surface area contributed by atoms with Crippen molar-refractivity contribution in [2.24, 2.45) is 16.0 Å². The Hall–Kier alpha value is -4.25. The van der Waals surface area contributed by atoms with Crippen molar-refractivity contribution in [2.45, 2.75) is 25.3 Å². The first-order chi connectivity index (χ1) is 18.9. The summed E-state index contributed by atoms with van der Waals surface area (Å²) in [4.78, 5) is 33.2. The molecule has 4 rings (SSSR count). The number of halogens is 2. The van der Waals surface area contributed by atoms with Crippen LogP contribution in [0.1, 0.15) is 36.7 Å². The van der Waals surface area contributed by atoms with Gasteiger partial charge in [0.25, 0.3) is 0 Å². The molecule has 1 aliphatic heterocycles. The number of nitrogens with zero attached hydrogens (tertiary/aromatic N) is 4. The van der Waals surface area contributed by atoms with E-state index < -0.39 is 6.04 Å². The SMILES string of the molecule is C=N/N=C\N(N)c1ccc(Cl)cc1/C=C/C(=O)N[C@H]1C/C=C/CCC(=O)Nc2ccccc2-c2nc1[nH]c2Cl. The van der Waals surface area contributed by atoms with Crippen molar-refractivity contribution >= 4 is 65.5 Å². The normalized spacial score (nSPS) is 16.5. The number of benzene rings is 2. The van der Waals surface area contributed by atoms with Gasteiger partial charge < -0.3 is 15.6 Å². The van der Waals surface area contributed by atoms with E-state index in [0.717, 1.165) is 0 Å². The minimum absolute atomic E-state index is 0.114. The number of aromatic nitrogens is 2. The van der Waals surface area contributed by atoms with E-state index in [1.807, 2.05) is 30.4 Å². The number of hydrazine groups is 1. The van der Waals surface area contributed by atoms with Crippen LogP contribution in [-0.4, -0.2) is 34.8 Å². The molecule has 1 aliphatic rings. The Bertz CT molecular complexity index is 1460. The molecule has 0 unspecified atom stereocenters. The summed E-state index contributed by atoms with van der Waals surface area (Å²) in [6, 6.07) is 11.8. The Morgan fingerprint density at radius 3 is 2.87 bits per heavy atom. The number of allylic oxidation sites excluding steroid dienone is 1. The zero-order chi connectivity index (χ0) is 27.8. The predicted octanol–water partition coefficient (Wildman–Crippen LogP) is 5.26. The summed E-state index contributed by atoms with van der Waals surface area (Å²) < 4.78 is 0. The summed E-state index contributed by atoms with van der Waals surface area (Å²) in [5.41, 5.74) is 2.88. The van der Waals surface area contributed by atoms with Gasteiger partial charge in [-0.2, -0.15) is 5.10 Å². The molecule has 2 bridgehead atoms. The van der Waals surface area contributed by atoms with Gasteiger partial charge in [-0.05, 0) is 43.2 Å². The number of amides is 2. The first-order valence-electron chi connectivity index (χ1n) is 12.0. The highest BCUT2D eigenvalue weighted by Crippen LogP contribution is 2.33. The predicted molar refractivity (Wildman–Crippen MR) is 157 cm³/mol. The lowest BCUT2D eigenvalue weighted by atomic mass is 10.1. The minimum Gasteiger partial charge on any atom is -0.342 e. The van der Waals surface area contributed by atoms with Gasteiger partial charge in [0.15, 0.2) is 0 Å². The Morgan fingerprint density at radius 1 is 1.23 bits per heavy atom. The van der Waals surface area contributed by atoms with E-state index in [-0.39, 0.29) is 11.8 Å². The van der Waals surface area contributed by atoms with Gasteiger partial charge in [0.1, 0.15) is 23.0 Å². The molecule has 5 N–H and O–H groups in total. The summed E-state index contributed by atoms with van der Waals surface area (Å²) >= 11 is 12.7. The first kappa shape index (κ1) is 27.8. The fraction of sp³-hybridized carbons (Fsp3) is 0.148. The van der Waals surface area contributed by atoms with Crippen molar-refractivity contribution in [3.8, 4) is 11.3 Å². The van der Waals surface area contributed by atoms with Crippen LogP contribution in [0.25, 0.3) is 17.3 Å². The van der Waals surface area contributed by atoms with Crippen molar-refractivity contribution in [3.63, 3.8) is 0 Å². The van der Waals surface area contributed by atoms with Crippen LogP contribution < -0.4 is 21.5 Å². The third-order valence-electron chi connectivity index (χ3n) is 5.80. The molecule has 2 heterocycles. The second kappa shape index (κ2) is 13.0. The van der Waals surface area contributed by atoms with E-state index in [2.05, 4.69) is 37.5 Å². The maximum atomic E-state index is 13.0. The summed E-state index contributed by atoms with van der Waals surface area (Å²) in [7, 11) is 0. The van der Waals surface area contributed by atoms with Gasteiger partial charge in [0.05, 0.1) is 17.4 Å². The number of anilines is 2. The highest BCUT2D eigenvalue weighted by molar-refractivity contribution is 6.32. The quantitative estimate of drug-likeness (QED) is 0.0806. The number of fused-ring (bicyclic) bond motifs is 4. The van der Waals surface area contributed by atoms with E-state index in [1.165, 1.54) is 17.4 Å². The zero-order valence-electron chi connectivity index (χ0n) is 20.8. The summed E-state index contributed by atoms with van der Waals surface area (Å²) in [5.74, 6) is 6.01. The lowest BCUT2D eigenvalue weighted by Gasteiger charge is -2.16. The average molecular weight is 565 g/mol. The van der Waals surface area contributed by atoms with Gasteiger partial charge >= 0.3 is 0 Å². The van der Waals surface area contributed by atoms with Crippen LogP contribution in [0.2, 0.25) is 10.2 Å². The second-order valence-electron chi connectivity index (χ2n) is 8.50. The number of aromatic amines is 1. The summed E-state index contributed by atoms with van der Waals surface area (Å²) in [5, 5.41) is 15.0. The number of nitrogens with one attached hydrogen (secondary N) is 3. The van der Waals surface area contributed by atoms with Crippen LogP contribution in [0.4, 0.5) is 11.4 Å². The van der Waals surface area contributed by atoms with Crippen molar-refractivity contribution in [2.75, 3.05) is 10.3 Å². The van der Waals surface area contributed by atoms with Crippen LogP contribution in [0, 0.1) is 0 Å². The maximum absolute atomic E-state index is 13.0. The third-order valence-corrected chi connectivity index (χ3v) is 6.31. The van der Waals surface area contributed by atoms with Gasteiger partial charge in [-0.3, -0.25) is 14.6 Å². The standard InChI is InChI=1S/C27H26Cl2N8O2/c1-31-32-16-37(30)22-13-12-18(28)15-17(22)11-14-24(39)34-21-9-3-2-4-10-23(38)33-20-8-6-5-7-19(20)25-26(29)36-27(21)35-25/h2-3,5-8,11-16,21H,1,4,9-10,30H2,(H,33,38)(H,34,39)(H,35,36)/b3-2+,14-11+,32-16-/t21-/m0/s1. The first-order valence-corrected chi connectivity index (χ1v) is 12.7. The summed E-state index contributed by atoms with van der Waals surface area (Å²) in [6.07, 6.45) is 9.35. The smallest absolute Gasteiger partial charge is 0.244 e. The molecule has 0 saturated heterocycles. The van der Waals surface area contributed by atoms with Gasteiger partial charge in [0, 0.05) is 35.4 Å². The van der Waals surface area contributed by atoms with E-state index in [1.54, 1.807) is 30.3 Å². The molecule has 3 aromatic rings. The molecule has 200 valence electrons. The lowest BCUT2D eigenvalue weighted by Crippen LogP contribution is -2.29. The van der Waals surface area contributed by atoms with Crippen molar-refractivity contribution in [1.82, 2.24) is 15.3 Å². The maximum Gasteiger partial charge on any atom is 0.244 e. The van der Waals surface area contributed by atoms with Crippen molar-refractivity contribution < 1.29 is 9.59 Å². The molecule has 0 fully saturated rings. The van der Waals surface area contributed by atoms with Gasteiger partial charge in [-0.15, -0.1) is 5.10 Å². The Balaban J connectivity index is 1.61. The number of carbonyl (C=O) groups is 2. The fourth-order valence-corrected chi connectivity index (χ4v) is 4.38. The molecule has 0 saturated carbocycles. The molecule has 1 atom stereocenters. The Kier molecular flexibility index (Phi) is 9.27. The van der Waals surface area contributed by atoms with Crippen LogP contribution in [0.15, 0.2) is 70.9 Å². The number of H-pyrrole nitrogens is 1. The minimum atomic E-state index is -0.517. The molecule has 39 heavy (non-hydrogen) atoms. The molecular formula is C27H26Cl2N8O2. The molecule has 2 amide bonds. The lowest BCUT2D eigenvalue weighted by molar-refractivity contribution is -0.117. The number of imidazole rings is 1. The van der Waals surface area contributed by atoms with Gasteiger partial charge in [-0.1, -0.05) is 53.6 Å². The van der Waals surface area contributed by atoms with Crippen molar-refractivity contribution in [1.29, 1.82) is 0 Å². The van der Waals surface area contributed by atoms with Crippen molar-refractivity contribution in [3.05, 3.63) is 82.3 Å².